The van der Waals surface area contributed by atoms with Crippen LogP contribution in [0.25, 0.3) is 0 Å². The molecule has 0 atom stereocenters. The van der Waals surface area contributed by atoms with Crippen LogP contribution in [0.4, 0.5) is 0 Å². The van der Waals surface area contributed by atoms with Gasteiger partial charge in [-0.3, -0.25) is 0 Å². The number of ether oxygens (including phenoxy) is 1. The van der Waals surface area contributed by atoms with Crippen molar-refractivity contribution in [2.24, 2.45) is 0 Å². The highest BCUT2D eigenvalue weighted by molar-refractivity contribution is 8.03. The molecule has 2 nitrogen and oxygen atoms in total. The van der Waals surface area contributed by atoms with Crippen LogP contribution in [0.1, 0.15) is 13.3 Å². The predicted molar refractivity (Wildman–Crippen MR) is 43.9 cm³/mol. The molecular weight excluding hydrogens is 148 g/mol. The van der Waals surface area contributed by atoms with Crippen LogP contribution in [0.15, 0.2) is 11.5 Å². The van der Waals surface area contributed by atoms with Crippen LogP contribution >= 0.6 is 11.8 Å². The van der Waals surface area contributed by atoms with Crippen molar-refractivity contribution in [3.63, 3.8) is 0 Å². The minimum absolute atomic E-state index is 0.297. The third-order valence-electron chi connectivity index (χ3n) is 0.911. The maximum absolute atomic E-state index is 10.8. The van der Waals surface area contributed by atoms with E-state index in [0.717, 1.165) is 6.42 Å². The number of hydrogen-bond acceptors (Lipinski definition) is 3. The Labute approximate surface area is 65.6 Å². The lowest BCUT2D eigenvalue weighted by molar-refractivity contribution is -0.138. The molecule has 0 aliphatic heterocycles. The van der Waals surface area contributed by atoms with Gasteiger partial charge in [-0.15, -0.1) is 11.8 Å². The minimum atomic E-state index is -0.297. The molecule has 0 heterocycles. The summed E-state index contributed by atoms with van der Waals surface area (Å²) in [5.41, 5.74) is 0. The molecule has 0 aromatic rings. The van der Waals surface area contributed by atoms with Crippen LogP contribution in [0.5, 0.6) is 0 Å². The average molecular weight is 160 g/mol. The van der Waals surface area contributed by atoms with E-state index in [1.807, 2.05) is 6.92 Å². The van der Waals surface area contributed by atoms with Gasteiger partial charge in [-0.05, 0) is 12.7 Å². The highest BCUT2D eigenvalue weighted by Gasteiger charge is 2.04. The summed E-state index contributed by atoms with van der Waals surface area (Å²) >= 11 is 1.31. The molecule has 0 rings (SSSR count). The van der Waals surface area contributed by atoms with Crippen molar-refractivity contribution in [2.75, 3.05) is 12.9 Å². The second kappa shape index (κ2) is 5.35. The minimum Gasteiger partial charge on any atom is -0.462 e. The topological polar surface area (TPSA) is 26.3 Å². The fourth-order valence-electron chi connectivity index (χ4n) is 0.359. The van der Waals surface area contributed by atoms with Gasteiger partial charge >= 0.3 is 5.97 Å². The zero-order chi connectivity index (χ0) is 7.98. The van der Waals surface area contributed by atoms with E-state index in [1.54, 1.807) is 6.26 Å². The number of rotatable bonds is 4. The summed E-state index contributed by atoms with van der Waals surface area (Å²) in [6.45, 7) is 5.95. The first kappa shape index (κ1) is 9.56. The van der Waals surface area contributed by atoms with Gasteiger partial charge in [0.1, 0.15) is 0 Å². The standard InChI is InChI=1S/C7H12O2S/c1-4-5-9-7(8)6(2)10-3/h2,4-5H2,1,3H3. The Hall–Kier alpha value is -0.440. The van der Waals surface area contributed by atoms with E-state index in [9.17, 15) is 4.79 Å². The zero-order valence-electron chi connectivity index (χ0n) is 6.35. The molecule has 10 heavy (non-hydrogen) atoms. The van der Waals surface area contributed by atoms with E-state index in [0.29, 0.717) is 11.5 Å². The Bertz CT molecular complexity index is 132. The van der Waals surface area contributed by atoms with Crippen molar-refractivity contribution in [2.45, 2.75) is 13.3 Å². The van der Waals surface area contributed by atoms with Crippen LogP contribution in [0.3, 0.4) is 0 Å². The van der Waals surface area contributed by atoms with E-state index in [4.69, 9.17) is 4.74 Å². The van der Waals surface area contributed by atoms with Crippen molar-refractivity contribution in [3.8, 4) is 0 Å². The molecule has 0 saturated carbocycles. The van der Waals surface area contributed by atoms with Crippen molar-refractivity contribution in [3.05, 3.63) is 11.5 Å². The number of hydrogen-bond donors (Lipinski definition) is 0. The fourth-order valence-corrected chi connectivity index (χ4v) is 0.584. The van der Waals surface area contributed by atoms with E-state index < -0.39 is 0 Å². The lowest BCUT2D eigenvalue weighted by Gasteiger charge is -2.01. The van der Waals surface area contributed by atoms with Crippen molar-refractivity contribution >= 4 is 17.7 Å². The summed E-state index contributed by atoms with van der Waals surface area (Å²) in [4.78, 5) is 11.3. The smallest absolute Gasteiger partial charge is 0.343 e. The van der Waals surface area contributed by atoms with Gasteiger partial charge in [0, 0.05) is 0 Å². The summed E-state index contributed by atoms with van der Waals surface area (Å²) in [5.74, 6) is -0.297. The molecule has 3 heteroatoms. The Morgan fingerprint density at radius 3 is 2.70 bits per heavy atom. The van der Waals surface area contributed by atoms with Gasteiger partial charge in [-0.1, -0.05) is 13.5 Å². The first-order chi connectivity index (χ1) is 4.72. The monoisotopic (exact) mass is 160 g/mol. The van der Waals surface area contributed by atoms with Gasteiger partial charge in [-0.25, -0.2) is 4.79 Å². The van der Waals surface area contributed by atoms with Crippen LogP contribution in [0, 0.1) is 0 Å². The normalized spacial score (nSPS) is 9.00. The van der Waals surface area contributed by atoms with Crippen LogP contribution in [-0.2, 0) is 9.53 Å². The molecule has 0 aromatic carbocycles. The third kappa shape index (κ3) is 3.56. The lowest BCUT2D eigenvalue weighted by Crippen LogP contribution is -2.05. The Morgan fingerprint density at radius 1 is 1.70 bits per heavy atom. The molecule has 0 bridgehead atoms. The molecule has 0 N–H and O–H groups in total. The maximum atomic E-state index is 10.8. The summed E-state index contributed by atoms with van der Waals surface area (Å²) in [7, 11) is 0. The molecule has 0 amide bonds. The third-order valence-corrected chi connectivity index (χ3v) is 1.57. The molecule has 0 spiro atoms. The molecule has 0 radical (unpaired) electrons. The van der Waals surface area contributed by atoms with E-state index >= 15 is 0 Å². The van der Waals surface area contributed by atoms with Gasteiger partial charge in [0.25, 0.3) is 0 Å². The fraction of sp³-hybridized carbons (Fsp3) is 0.571. The Kier molecular flexibility index (Phi) is 5.12. The first-order valence-corrected chi connectivity index (χ1v) is 4.34. The average Bonchev–Trinajstić information content (AvgIpc) is 1.98. The molecule has 58 valence electrons. The van der Waals surface area contributed by atoms with Gasteiger partial charge < -0.3 is 4.74 Å². The number of carbonyl (C=O) groups excluding carboxylic acids is 1. The molecule has 0 saturated heterocycles. The summed E-state index contributed by atoms with van der Waals surface area (Å²) < 4.78 is 4.78. The van der Waals surface area contributed by atoms with E-state index in [1.165, 1.54) is 11.8 Å². The Morgan fingerprint density at radius 2 is 2.30 bits per heavy atom. The second-order valence-electron chi connectivity index (χ2n) is 1.76. The molecular formula is C7H12O2S. The van der Waals surface area contributed by atoms with Crippen molar-refractivity contribution in [1.29, 1.82) is 0 Å². The van der Waals surface area contributed by atoms with E-state index in [2.05, 4.69) is 6.58 Å². The number of carbonyl (C=O) groups is 1. The van der Waals surface area contributed by atoms with Crippen molar-refractivity contribution in [1.82, 2.24) is 0 Å². The zero-order valence-corrected chi connectivity index (χ0v) is 7.16. The summed E-state index contributed by atoms with van der Waals surface area (Å²) in [6, 6.07) is 0. The van der Waals surface area contributed by atoms with Gasteiger partial charge in [0.15, 0.2) is 0 Å². The van der Waals surface area contributed by atoms with Gasteiger partial charge in [0.2, 0.25) is 0 Å². The highest BCUT2D eigenvalue weighted by atomic mass is 32.2. The summed E-state index contributed by atoms with van der Waals surface area (Å²) in [5, 5.41) is 0. The van der Waals surface area contributed by atoms with Crippen LogP contribution < -0.4 is 0 Å². The van der Waals surface area contributed by atoms with Crippen LogP contribution in [0.2, 0.25) is 0 Å². The predicted octanol–water partition coefficient (Wildman–Crippen LogP) is 1.82. The first-order valence-electron chi connectivity index (χ1n) is 3.12. The Balaban J connectivity index is 3.52. The summed E-state index contributed by atoms with van der Waals surface area (Å²) in [6.07, 6.45) is 2.66. The van der Waals surface area contributed by atoms with Gasteiger partial charge in [-0.2, -0.15) is 0 Å². The second-order valence-corrected chi connectivity index (χ2v) is 2.66. The SMILES string of the molecule is C=C(SC)C(=O)OCCC. The lowest BCUT2D eigenvalue weighted by atomic mass is 10.5. The van der Waals surface area contributed by atoms with E-state index in [-0.39, 0.29) is 5.97 Å². The molecule has 0 fully saturated rings. The number of esters is 1. The molecule has 0 aliphatic carbocycles. The van der Waals surface area contributed by atoms with Crippen molar-refractivity contribution < 1.29 is 9.53 Å². The quantitative estimate of drug-likeness (QED) is 0.463. The largest absolute Gasteiger partial charge is 0.462 e. The molecule has 0 aliphatic rings. The molecule has 0 unspecified atom stereocenters. The molecule has 0 aromatic heterocycles. The van der Waals surface area contributed by atoms with Gasteiger partial charge in [0.05, 0.1) is 11.5 Å². The highest BCUT2D eigenvalue weighted by Crippen LogP contribution is 2.09. The van der Waals surface area contributed by atoms with Crippen LogP contribution in [-0.4, -0.2) is 18.8 Å². The maximum Gasteiger partial charge on any atom is 0.343 e. The number of thioether (sulfide) groups is 1.